The van der Waals surface area contributed by atoms with Crippen molar-refractivity contribution in [2.24, 2.45) is 11.7 Å². The van der Waals surface area contributed by atoms with Crippen molar-refractivity contribution in [1.29, 1.82) is 0 Å². The van der Waals surface area contributed by atoms with Gasteiger partial charge >= 0.3 is 5.97 Å². The van der Waals surface area contributed by atoms with E-state index in [9.17, 15) is 13.2 Å². The van der Waals surface area contributed by atoms with Crippen LogP contribution in [0.2, 0.25) is 0 Å². The van der Waals surface area contributed by atoms with Crippen LogP contribution in [0.1, 0.15) is 32.8 Å². The molecule has 0 heterocycles. The molecule has 0 radical (unpaired) electrons. The predicted octanol–water partition coefficient (Wildman–Crippen LogP) is 2.01. The summed E-state index contributed by atoms with van der Waals surface area (Å²) < 4.78 is 30.1. The summed E-state index contributed by atoms with van der Waals surface area (Å²) in [7, 11) is -2.92. The van der Waals surface area contributed by atoms with Crippen molar-refractivity contribution in [2.45, 2.75) is 39.8 Å². The summed E-state index contributed by atoms with van der Waals surface area (Å²) in [6.07, 6.45) is 3.71. The van der Waals surface area contributed by atoms with Gasteiger partial charge < -0.3 is 10.5 Å². The van der Waals surface area contributed by atoms with Crippen LogP contribution >= 0.6 is 0 Å². The molecule has 0 aliphatic rings. The second kappa shape index (κ2) is 10.1. The van der Waals surface area contributed by atoms with Crippen LogP contribution in [0.25, 0.3) is 0 Å². The topological polar surface area (TPSA) is 89.7 Å². The van der Waals surface area contributed by atoms with Crippen molar-refractivity contribution in [3.63, 3.8) is 0 Å². The van der Waals surface area contributed by atoms with Gasteiger partial charge in [-0.2, -0.15) is 0 Å². The van der Waals surface area contributed by atoms with E-state index in [-0.39, 0.29) is 18.9 Å². The number of benzene rings is 1. The fraction of sp³-hybridized carbons (Fsp3) is 0.471. The molecule has 1 aromatic rings. The van der Waals surface area contributed by atoms with Gasteiger partial charge in [0.05, 0.1) is 24.8 Å². The third kappa shape index (κ3) is 5.65. The first-order valence-electron chi connectivity index (χ1n) is 7.95. The van der Waals surface area contributed by atoms with E-state index in [2.05, 4.69) is 0 Å². The lowest BCUT2D eigenvalue weighted by Gasteiger charge is -2.31. The Kier molecular flexibility index (Phi) is 8.49. The highest BCUT2D eigenvalue weighted by Crippen LogP contribution is 2.25. The highest BCUT2D eigenvalue weighted by atomic mass is 32.2. The average molecular weight is 354 g/mol. The second-order valence-electron chi connectivity index (χ2n) is 5.41. The van der Waals surface area contributed by atoms with E-state index in [4.69, 9.17) is 10.5 Å². The van der Waals surface area contributed by atoms with E-state index in [1.54, 1.807) is 31.2 Å². The lowest BCUT2D eigenvalue weighted by Crippen LogP contribution is -2.40. The molecule has 0 aliphatic carbocycles. The standard InChI is InChI=1S/C17H26N2O4S/c1-4-6-13(3)16(11-17(20)23-5-2)19(24(21)22)15-9-7-14(12-18)8-10-15/h4,6-10,13,16,24H,5,11-12,18H2,1-3H3. The maximum absolute atomic E-state index is 11.9. The minimum Gasteiger partial charge on any atom is -0.466 e. The molecular formula is C17H26N2O4S. The maximum atomic E-state index is 11.9. The van der Waals surface area contributed by atoms with E-state index in [0.717, 1.165) is 5.56 Å². The van der Waals surface area contributed by atoms with Gasteiger partial charge in [0.25, 0.3) is 0 Å². The number of ether oxygens (including phenoxy) is 1. The van der Waals surface area contributed by atoms with Gasteiger partial charge in [-0.25, -0.2) is 8.42 Å². The molecule has 1 rings (SSSR count). The van der Waals surface area contributed by atoms with Gasteiger partial charge in [-0.1, -0.05) is 31.2 Å². The van der Waals surface area contributed by atoms with Crippen LogP contribution in [0.5, 0.6) is 0 Å². The Labute approximate surface area is 145 Å². The van der Waals surface area contributed by atoms with Crippen LogP contribution in [0.4, 0.5) is 5.69 Å². The highest BCUT2D eigenvalue weighted by Gasteiger charge is 2.28. The number of esters is 1. The van der Waals surface area contributed by atoms with Crippen molar-refractivity contribution < 1.29 is 17.9 Å². The van der Waals surface area contributed by atoms with Gasteiger partial charge in [-0.3, -0.25) is 9.10 Å². The van der Waals surface area contributed by atoms with Crippen LogP contribution in [0, 0.1) is 5.92 Å². The summed E-state index contributed by atoms with van der Waals surface area (Å²) in [6, 6.07) is 6.41. The molecule has 0 saturated heterocycles. The molecular weight excluding hydrogens is 328 g/mol. The molecule has 24 heavy (non-hydrogen) atoms. The number of rotatable bonds is 9. The molecule has 0 amide bonds. The Bertz CT molecular complexity index is 618. The molecule has 0 aliphatic heterocycles. The highest BCUT2D eigenvalue weighted by molar-refractivity contribution is 7.74. The Morgan fingerprint density at radius 2 is 1.96 bits per heavy atom. The van der Waals surface area contributed by atoms with E-state index in [0.29, 0.717) is 12.2 Å². The first-order chi connectivity index (χ1) is 11.4. The molecule has 0 bridgehead atoms. The summed E-state index contributed by atoms with van der Waals surface area (Å²) in [6.45, 7) is 6.10. The van der Waals surface area contributed by atoms with Crippen molar-refractivity contribution in [1.82, 2.24) is 0 Å². The Hall–Kier alpha value is -1.86. The fourth-order valence-corrected chi connectivity index (χ4v) is 3.37. The number of carbonyl (C=O) groups excluding carboxylic acids is 1. The molecule has 0 aromatic heterocycles. The first-order valence-corrected chi connectivity index (χ1v) is 9.08. The zero-order valence-corrected chi connectivity index (χ0v) is 15.2. The molecule has 1 aromatic carbocycles. The molecule has 6 nitrogen and oxygen atoms in total. The minimum absolute atomic E-state index is 0.0126. The molecule has 134 valence electrons. The zero-order chi connectivity index (χ0) is 18.1. The van der Waals surface area contributed by atoms with Gasteiger partial charge in [0, 0.05) is 6.54 Å². The fourth-order valence-electron chi connectivity index (χ4n) is 2.51. The number of nitrogens with two attached hydrogens (primary N) is 1. The van der Waals surface area contributed by atoms with Crippen molar-refractivity contribution in [2.75, 3.05) is 10.9 Å². The average Bonchev–Trinajstić information content (AvgIpc) is 2.55. The first kappa shape index (κ1) is 20.2. The Morgan fingerprint density at radius 1 is 1.33 bits per heavy atom. The molecule has 0 fully saturated rings. The number of nitrogens with zero attached hydrogens (tertiary/aromatic N) is 1. The number of hydrogen-bond acceptors (Lipinski definition) is 5. The van der Waals surface area contributed by atoms with Gasteiger partial charge in [-0.05, 0) is 37.5 Å². The number of thiol groups is 1. The molecule has 7 heteroatoms. The van der Waals surface area contributed by atoms with E-state index >= 15 is 0 Å². The van der Waals surface area contributed by atoms with E-state index < -0.39 is 22.9 Å². The van der Waals surface area contributed by atoms with Crippen LogP contribution in [-0.4, -0.2) is 27.0 Å². The number of anilines is 1. The number of hydrogen-bond donors (Lipinski definition) is 2. The van der Waals surface area contributed by atoms with Crippen LogP contribution in [-0.2, 0) is 27.0 Å². The van der Waals surface area contributed by atoms with Crippen LogP contribution < -0.4 is 10.0 Å². The zero-order valence-electron chi connectivity index (χ0n) is 14.3. The Morgan fingerprint density at radius 3 is 2.42 bits per heavy atom. The summed E-state index contributed by atoms with van der Waals surface area (Å²) in [5.74, 6) is -0.569. The lowest BCUT2D eigenvalue weighted by molar-refractivity contribution is -0.143. The smallest absolute Gasteiger partial charge is 0.307 e. The van der Waals surface area contributed by atoms with Crippen LogP contribution in [0.15, 0.2) is 36.4 Å². The van der Waals surface area contributed by atoms with E-state index in [1.807, 2.05) is 26.0 Å². The van der Waals surface area contributed by atoms with E-state index in [1.165, 1.54) is 4.31 Å². The van der Waals surface area contributed by atoms with Crippen molar-refractivity contribution in [3.05, 3.63) is 42.0 Å². The molecule has 2 N–H and O–H groups in total. The van der Waals surface area contributed by atoms with Gasteiger partial charge in [-0.15, -0.1) is 0 Å². The molecule has 2 atom stereocenters. The second-order valence-corrected chi connectivity index (χ2v) is 6.32. The molecule has 0 spiro atoms. The third-order valence-electron chi connectivity index (χ3n) is 3.71. The van der Waals surface area contributed by atoms with Gasteiger partial charge in [0.15, 0.2) is 0 Å². The monoisotopic (exact) mass is 354 g/mol. The largest absolute Gasteiger partial charge is 0.466 e. The number of carbonyl (C=O) groups is 1. The SMILES string of the molecule is CC=CC(C)C(CC(=O)OCC)N(c1ccc(CN)cc1)[SH](=O)=O. The van der Waals surface area contributed by atoms with Crippen molar-refractivity contribution >= 4 is 22.5 Å². The third-order valence-corrected chi connectivity index (χ3v) is 4.59. The lowest BCUT2D eigenvalue weighted by atomic mass is 9.97. The quantitative estimate of drug-likeness (QED) is 0.402. The maximum Gasteiger partial charge on any atom is 0.307 e. The normalized spacial score (nSPS) is 13.9. The number of allylic oxidation sites excluding steroid dienone is 1. The Balaban J connectivity index is 3.21. The van der Waals surface area contributed by atoms with Gasteiger partial charge in [0.2, 0.25) is 10.9 Å². The van der Waals surface area contributed by atoms with Crippen LogP contribution in [0.3, 0.4) is 0 Å². The summed E-state index contributed by atoms with van der Waals surface area (Å²) in [4.78, 5) is 11.9. The molecule has 2 unspecified atom stereocenters. The van der Waals surface area contributed by atoms with Crippen molar-refractivity contribution in [3.8, 4) is 0 Å². The molecule has 0 saturated carbocycles. The predicted molar refractivity (Wildman–Crippen MR) is 96.1 cm³/mol. The summed E-state index contributed by atoms with van der Waals surface area (Å²) in [5, 5.41) is 0. The minimum atomic E-state index is -2.92. The summed E-state index contributed by atoms with van der Waals surface area (Å²) in [5.41, 5.74) is 6.99. The summed E-state index contributed by atoms with van der Waals surface area (Å²) >= 11 is 0. The van der Waals surface area contributed by atoms with Gasteiger partial charge in [0.1, 0.15) is 0 Å².